The Balaban J connectivity index is 1.95. The van der Waals surface area contributed by atoms with Crippen molar-refractivity contribution >= 4 is 17.5 Å². The monoisotopic (exact) mass is 281 g/mol. The summed E-state index contributed by atoms with van der Waals surface area (Å²) in [6, 6.07) is 7.15. The lowest BCUT2D eigenvalue weighted by Crippen LogP contribution is -2.85. The lowest BCUT2D eigenvalue weighted by molar-refractivity contribution is -0.662. The number of quaternary nitrogens is 1. The fraction of sp³-hybridized carbons (Fsp3) is 0.250. The van der Waals surface area contributed by atoms with Gasteiger partial charge in [0, 0.05) is 17.6 Å². The molecule has 0 fully saturated rings. The van der Waals surface area contributed by atoms with Crippen LogP contribution in [0, 0.1) is 0 Å². The molecule has 7 heteroatoms. The van der Waals surface area contributed by atoms with Crippen LogP contribution in [-0.2, 0) is 11.3 Å². The summed E-state index contributed by atoms with van der Waals surface area (Å²) in [5.41, 5.74) is 0.814. The highest BCUT2D eigenvalue weighted by molar-refractivity contribution is 6.30. The molecule has 100 valence electrons. The molecule has 2 rings (SSSR count). The molecule has 2 aromatic rings. The van der Waals surface area contributed by atoms with Gasteiger partial charge in [0.1, 0.15) is 0 Å². The van der Waals surface area contributed by atoms with Gasteiger partial charge in [-0.25, -0.2) is 0 Å². The number of benzene rings is 1. The van der Waals surface area contributed by atoms with Gasteiger partial charge in [-0.2, -0.15) is 0 Å². The van der Waals surface area contributed by atoms with Gasteiger partial charge in [0.25, 0.3) is 11.8 Å². The Labute approximate surface area is 115 Å². The Hall–Kier alpha value is -1.92. The molecule has 0 aliphatic rings. The molecule has 1 aromatic carbocycles. The normalized spacial score (nSPS) is 10.4. The van der Waals surface area contributed by atoms with E-state index >= 15 is 0 Å². The quantitative estimate of drug-likeness (QED) is 0.820. The smallest absolute Gasteiger partial charge is 0.274 e. The van der Waals surface area contributed by atoms with Crippen molar-refractivity contribution in [3.8, 4) is 11.5 Å². The first-order valence-electron chi connectivity index (χ1n) is 5.79. The zero-order valence-electron chi connectivity index (χ0n) is 10.4. The highest BCUT2D eigenvalue weighted by atomic mass is 35.5. The first kappa shape index (κ1) is 13.5. The van der Waals surface area contributed by atoms with Crippen LogP contribution in [0.5, 0.6) is 0 Å². The fourth-order valence-corrected chi connectivity index (χ4v) is 1.60. The van der Waals surface area contributed by atoms with E-state index in [0.29, 0.717) is 29.9 Å². The molecule has 0 saturated carbocycles. The number of carbonyl (C=O) groups is 1. The number of aromatic nitrogens is 2. The number of hydrogen-bond donors (Lipinski definition) is 2. The summed E-state index contributed by atoms with van der Waals surface area (Å²) in [6.45, 7) is 0.795. The maximum atomic E-state index is 11.0. The largest absolute Gasteiger partial charge is 0.415 e. The van der Waals surface area contributed by atoms with Gasteiger partial charge in [-0.1, -0.05) is 11.6 Å². The second-order valence-electron chi connectivity index (χ2n) is 3.88. The molecule has 1 heterocycles. The van der Waals surface area contributed by atoms with Crippen molar-refractivity contribution in [2.24, 2.45) is 0 Å². The number of halogens is 1. The number of nitrogens with zero attached hydrogens (tertiary/aromatic N) is 2. The molecule has 0 bridgehead atoms. The summed E-state index contributed by atoms with van der Waals surface area (Å²) >= 11 is 5.81. The summed E-state index contributed by atoms with van der Waals surface area (Å²) in [4.78, 5) is 11.0. The van der Waals surface area contributed by atoms with Gasteiger partial charge >= 0.3 is 0 Å². The van der Waals surface area contributed by atoms with Crippen molar-refractivity contribution in [3.05, 3.63) is 35.2 Å². The molecule has 0 unspecified atom stereocenters. The van der Waals surface area contributed by atoms with Crippen LogP contribution in [0.3, 0.4) is 0 Å². The van der Waals surface area contributed by atoms with Gasteiger partial charge < -0.3 is 15.1 Å². The Kier molecular flexibility index (Phi) is 4.48. The Morgan fingerprint density at radius 2 is 2.11 bits per heavy atom. The predicted octanol–water partition coefficient (Wildman–Crippen LogP) is 0.199. The van der Waals surface area contributed by atoms with Crippen LogP contribution in [0.2, 0.25) is 5.02 Å². The maximum Gasteiger partial charge on any atom is 0.274 e. The molecule has 6 nitrogen and oxygen atoms in total. The Morgan fingerprint density at radius 1 is 1.37 bits per heavy atom. The number of nitrogens with two attached hydrogens (primary N) is 1. The molecule has 0 aliphatic heterocycles. The molecule has 1 aromatic heterocycles. The number of carbonyl (C=O) groups excluding carboxylic acids is 1. The lowest BCUT2D eigenvalue weighted by Gasteiger charge is -1.97. The van der Waals surface area contributed by atoms with Crippen molar-refractivity contribution in [3.63, 3.8) is 0 Å². The topological polar surface area (TPSA) is 84.6 Å². The molecule has 0 radical (unpaired) electrons. The summed E-state index contributed by atoms with van der Waals surface area (Å²) in [5, 5.41) is 12.9. The molecular weight excluding hydrogens is 268 g/mol. The van der Waals surface area contributed by atoms with E-state index in [9.17, 15) is 4.79 Å². The average Bonchev–Trinajstić information content (AvgIpc) is 2.88. The number of rotatable bonds is 5. The molecule has 0 aliphatic carbocycles. The molecule has 1 amide bonds. The minimum absolute atomic E-state index is 0.0440. The minimum Gasteiger partial charge on any atom is -0.415 e. The first-order chi connectivity index (χ1) is 9.19. The first-order valence-corrected chi connectivity index (χ1v) is 6.17. The molecular formula is C12H14ClN4O2+. The van der Waals surface area contributed by atoms with E-state index in [1.54, 1.807) is 24.5 Å². The number of nitrogens with one attached hydrogen (secondary N) is 1. The number of amides is 1. The van der Waals surface area contributed by atoms with E-state index in [-0.39, 0.29) is 5.91 Å². The van der Waals surface area contributed by atoms with Gasteiger partial charge in [0.15, 0.2) is 13.1 Å². The van der Waals surface area contributed by atoms with Crippen molar-refractivity contribution in [2.45, 2.75) is 6.54 Å². The van der Waals surface area contributed by atoms with Crippen LogP contribution in [0.4, 0.5) is 0 Å². The van der Waals surface area contributed by atoms with Crippen molar-refractivity contribution in [2.75, 3.05) is 13.6 Å². The minimum atomic E-state index is -0.0440. The van der Waals surface area contributed by atoms with E-state index in [1.807, 2.05) is 12.1 Å². The summed E-state index contributed by atoms with van der Waals surface area (Å²) in [7, 11) is 1.60. The van der Waals surface area contributed by atoms with E-state index in [0.717, 1.165) is 5.56 Å². The SMILES string of the molecule is CNC(=O)C[NH2+]Cc1nnc(-c2ccc(Cl)cc2)o1. The standard InChI is InChI=1S/C12H13ClN4O2/c1-14-10(18)6-15-7-11-16-17-12(19-11)8-2-4-9(13)5-3-8/h2-5,15H,6-7H2,1H3,(H,14,18)/p+1. The maximum absolute atomic E-state index is 11.0. The molecule has 0 atom stereocenters. The number of likely N-dealkylation sites (N-methyl/N-ethyl adjacent to an activating group) is 1. The van der Waals surface area contributed by atoms with E-state index in [2.05, 4.69) is 15.5 Å². The second kappa shape index (κ2) is 6.31. The van der Waals surface area contributed by atoms with Gasteiger partial charge in [-0.3, -0.25) is 4.79 Å². The third-order valence-electron chi connectivity index (χ3n) is 2.49. The van der Waals surface area contributed by atoms with Crippen LogP contribution in [0.15, 0.2) is 28.7 Å². The summed E-state index contributed by atoms with van der Waals surface area (Å²) in [6.07, 6.45) is 0. The van der Waals surface area contributed by atoms with Gasteiger partial charge in [0.2, 0.25) is 5.89 Å². The average molecular weight is 282 g/mol. The lowest BCUT2D eigenvalue weighted by atomic mass is 10.2. The van der Waals surface area contributed by atoms with Gasteiger partial charge in [0.05, 0.1) is 0 Å². The van der Waals surface area contributed by atoms with Crippen LogP contribution in [0.25, 0.3) is 11.5 Å². The van der Waals surface area contributed by atoms with Crippen molar-refractivity contribution < 1.29 is 14.5 Å². The van der Waals surface area contributed by atoms with Crippen LogP contribution in [-0.4, -0.2) is 29.7 Å². The zero-order valence-corrected chi connectivity index (χ0v) is 11.1. The predicted molar refractivity (Wildman–Crippen MR) is 69.3 cm³/mol. The molecule has 3 N–H and O–H groups in total. The van der Waals surface area contributed by atoms with E-state index in [4.69, 9.17) is 16.0 Å². The van der Waals surface area contributed by atoms with Gasteiger partial charge in [-0.15, -0.1) is 10.2 Å². The third-order valence-corrected chi connectivity index (χ3v) is 2.74. The fourth-order valence-electron chi connectivity index (χ4n) is 1.47. The molecule has 19 heavy (non-hydrogen) atoms. The second-order valence-corrected chi connectivity index (χ2v) is 4.31. The molecule has 0 saturated heterocycles. The highest BCUT2D eigenvalue weighted by Crippen LogP contribution is 2.19. The molecule has 0 spiro atoms. The number of hydrogen-bond acceptors (Lipinski definition) is 4. The summed E-state index contributed by atoms with van der Waals surface area (Å²) in [5.74, 6) is 0.881. The summed E-state index contributed by atoms with van der Waals surface area (Å²) < 4.78 is 5.50. The van der Waals surface area contributed by atoms with Crippen molar-refractivity contribution in [1.82, 2.24) is 15.5 Å². The Morgan fingerprint density at radius 3 is 2.79 bits per heavy atom. The van der Waals surface area contributed by atoms with Crippen LogP contribution >= 0.6 is 11.6 Å². The van der Waals surface area contributed by atoms with E-state index in [1.165, 1.54) is 0 Å². The van der Waals surface area contributed by atoms with Crippen molar-refractivity contribution in [1.29, 1.82) is 0 Å². The van der Waals surface area contributed by atoms with Crippen LogP contribution < -0.4 is 10.6 Å². The van der Waals surface area contributed by atoms with Crippen LogP contribution in [0.1, 0.15) is 5.89 Å². The van der Waals surface area contributed by atoms with Gasteiger partial charge in [-0.05, 0) is 24.3 Å². The Bertz CT molecular complexity index is 553. The van der Waals surface area contributed by atoms with E-state index < -0.39 is 0 Å². The highest BCUT2D eigenvalue weighted by Gasteiger charge is 2.10. The zero-order chi connectivity index (χ0) is 13.7. The third kappa shape index (κ3) is 3.77.